The number of halogens is 4. The lowest BCUT2D eigenvalue weighted by Gasteiger charge is -2.17. The number of rotatable bonds is 3. The van der Waals surface area contributed by atoms with E-state index in [-0.39, 0.29) is 5.56 Å². The monoisotopic (exact) mass is 298 g/mol. The van der Waals surface area contributed by atoms with E-state index in [1.165, 1.54) is 12.1 Å². The summed E-state index contributed by atoms with van der Waals surface area (Å²) in [6.07, 6.45) is -4.01. The second-order valence-electron chi connectivity index (χ2n) is 4.75. The second-order valence-corrected chi connectivity index (χ2v) is 5.27. The van der Waals surface area contributed by atoms with Crippen molar-refractivity contribution >= 4 is 11.6 Å². The topological polar surface area (TPSA) is 0 Å². The molecule has 0 aromatic heterocycles. The molecule has 0 N–H and O–H groups in total. The van der Waals surface area contributed by atoms with E-state index in [1.807, 2.05) is 31.2 Å². The fraction of sp³-hybridized carbons (Fsp3) is 0.250. The quantitative estimate of drug-likeness (QED) is 0.653. The summed E-state index contributed by atoms with van der Waals surface area (Å²) < 4.78 is 38.9. The highest BCUT2D eigenvalue weighted by atomic mass is 35.5. The van der Waals surface area contributed by atoms with E-state index >= 15 is 0 Å². The van der Waals surface area contributed by atoms with E-state index in [1.54, 1.807) is 6.07 Å². The van der Waals surface area contributed by atoms with Crippen molar-refractivity contribution < 1.29 is 13.2 Å². The van der Waals surface area contributed by atoms with Crippen LogP contribution in [0.25, 0.3) is 0 Å². The molecule has 0 saturated heterocycles. The fourth-order valence-electron chi connectivity index (χ4n) is 2.18. The van der Waals surface area contributed by atoms with Gasteiger partial charge < -0.3 is 0 Å². The minimum atomic E-state index is -4.38. The minimum Gasteiger partial charge on any atom is -0.166 e. The van der Waals surface area contributed by atoms with Crippen molar-refractivity contribution in [3.05, 3.63) is 70.8 Å². The van der Waals surface area contributed by atoms with Crippen molar-refractivity contribution in [1.82, 2.24) is 0 Å². The zero-order valence-electron chi connectivity index (χ0n) is 10.9. The van der Waals surface area contributed by atoms with E-state index in [0.717, 1.165) is 17.2 Å². The van der Waals surface area contributed by atoms with Gasteiger partial charge in [-0.3, -0.25) is 0 Å². The highest BCUT2D eigenvalue weighted by Gasteiger charge is 2.34. The van der Waals surface area contributed by atoms with Crippen LogP contribution in [0.4, 0.5) is 13.2 Å². The van der Waals surface area contributed by atoms with Gasteiger partial charge in [-0.15, -0.1) is 11.6 Å². The Balaban J connectivity index is 2.28. The van der Waals surface area contributed by atoms with Gasteiger partial charge in [0.2, 0.25) is 0 Å². The van der Waals surface area contributed by atoms with Crippen molar-refractivity contribution in [2.24, 2.45) is 0 Å². The molecule has 1 unspecified atom stereocenters. The van der Waals surface area contributed by atoms with E-state index in [9.17, 15) is 13.2 Å². The van der Waals surface area contributed by atoms with Crippen LogP contribution in [0.2, 0.25) is 0 Å². The van der Waals surface area contributed by atoms with Gasteiger partial charge in [-0.1, -0.05) is 48.0 Å². The van der Waals surface area contributed by atoms with Crippen molar-refractivity contribution in [3.63, 3.8) is 0 Å². The van der Waals surface area contributed by atoms with Crippen molar-refractivity contribution in [2.45, 2.75) is 24.9 Å². The Bertz CT molecular complexity index is 590. The van der Waals surface area contributed by atoms with Gasteiger partial charge in [0, 0.05) is 0 Å². The van der Waals surface area contributed by atoms with Crippen LogP contribution in [0, 0.1) is 6.92 Å². The maximum absolute atomic E-state index is 13.0. The molecular formula is C16H14ClF3. The molecule has 0 aliphatic rings. The summed E-state index contributed by atoms with van der Waals surface area (Å²) in [5.41, 5.74) is 1.47. The van der Waals surface area contributed by atoms with Crippen LogP contribution in [-0.4, -0.2) is 0 Å². The summed E-state index contributed by atoms with van der Waals surface area (Å²) in [6.45, 7) is 1.94. The van der Waals surface area contributed by atoms with Crippen LogP contribution in [0.5, 0.6) is 0 Å². The van der Waals surface area contributed by atoms with Crippen LogP contribution < -0.4 is 0 Å². The summed E-state index contributed by atoms with van der Waals surface area (Å²) >= 11 is 6.20. The molecule has 0 radical (unpaired) electrons. The molecule has 1 atom stereocenters. The molecule has 0 saturated carbocycles. The highest BCUT2D eigenvalue weighted by molar-refractivity contribution is 6.21. The minimum absolute atomic E-state index is 0.128. The van der Waals surface area contributed by atoms with E-state index in [0.29, 0.717) is 6.42 Å². The SMILES string of the molecule is Cc1cccc(CC(Cl)c2ccccc2C(F)(F)F)c1. The van der Waals surface area contributed by atoms with Crippen LogP contribution in [-0.2, 0) is 12.6 Å². The normalized spacial score (nSPS) is 13.2. The number of hydrogen-bond acceptors (Lipinski definition) is 0. The molecule has 0 bridgehead atoms. The summed E-state index contributed by atoms with van der Waals surface area (Å²) in [5, 5.41) is -0.699. The molecule has 106 valence electrons. The summed E-state index contributed by atoms with van der Waals surface area (Å²) in [4.78, 5) is 0. The Morgan fingerprint density at radius 3 is 2.40 bits per heavy atom. The molecule has 0 amide bonds. The fourth-order valence-corrected chi connectivity index (χ4v) is 2.55. The number of benzene rings is 2. The van der Waals surface area contributed by atoms with Gasteiger partial charge in [0.25, 0.3) is 0 Å². The summed E-state index contributed by atoms with van der Waals surface area (Å²) in [7, 11) is 0. The smallest absolute Gasteiger partial charge is 0.166 e. The Labute approximate surface area is 121 Å². The van der Waals surface area contributed by atoms with Crippen LogP contribution in [0.15, 0.2) is 48.5 Å². The van der Waals surface area contributed by atoms with E-state index < -0.39 is 17.1 Å². The molecule has 4 heteroatoms. The molecule has 0 heterocycles. The molecular weight excluding hydrogens is 285 g/mol. The molecule has 0 nitrogen and oxygen atoms in total. The van der Waals surface area contributed by atoms with Crippen molar-refractivity contribution in [2.75, 3.05) is 0 Å². The predicted octanol–water partition coefficient (Wildman–Crippen LogP) is 5.54. The molecule has 0 spiro atoms. The Kier molecular flexibility index (Phi) is 4.39. The van der Waals surface area contributed by atoms with Gasteiger partial charge in [-0.2, -0.15) is 13.2 Å². The first-order chi connectivity index (χ1) is 9.38. The van der Waals surface area contributed by atoms with Crippen LogP contribution in [0.3, 0.4) is 0 Å². The Morgan fingerprint density at radius 1 is 1.05 bits per heavy atom. The number of hydrogen-bond donors (Lipinski definition) is 0. The Morgan fingerprint density at radius 2 is 1.75 bits per heavy atom. The van der Waals surface area contributed by atoms with E-state index in [2.05, 4.69) is 0 Å². The third kappa shape index (κ3) is 3.54. The summed E-state index contributed by atoms with van der Waals surface area (Å²) in [6, 6.07) is 13.1. The largest absolute Gasteiger partial charge is 0.416 e. The first-order valence-electron chi connectivity index (χ1n) is 6.23. The van der Waals surface area contributed by atoms with Gasteiger partial charge >= 0.3 is 6.18 Å². The molecule has 0 aliphatic carbocycles. The van der Waals surface area contributed by atoms with Gasteiger partial charge in [0.1, 0.15) is 0 Å². The van der Waals surface area contributed by atoms with Crippen molar-refractivity contribution in [1.29, 1.82) is 0 Å². The average molecular weight is 299 g/mol. The van der Waals surface area contributed by atoms with Crippen LogP contribution >= 0.6 is 11.6 Å². The summed E-state index contributed by atoms with van der Waals surface area (Å²) in [5.74, 6) is 0. The maximum Gasteiger partial charge on any atom is 0.416 e. The third-order valence-electron chi connectivity index (χ3n) is 3.10. The van der Waals surface area contributed by atoms with Gasteiger partial charge in [-0.25, -0.2) is 0 Å². The Hall–Kier alpha value is -1.48. The molecule has 2 aromatic carbocycles. The molecule has 0 fully saturated rings. The van der Waals surface area contributed by atoms with Gasteiger partial charge in [0.15, 0.2) is 0 Å². The molecule has 2 rings (SSSR count). The second kappa shape index (κ2) is 5.88. The van der Waals surface area contributed by atoms with E-state index in [4.69, 9.17) is 11.6 Å². The molecule has 2 aromatic rings. The lowest BCUT2D eigenvalue weighted by Crippen LogP contribution is -2.11. The van der Waals surface area contributed by atoms with Crippen molar-refractivity contribution in [3.8, 4) is 0 Å². The first kappa shape index (κ1) is 14.9. The average Bonchev–Trinajstić information content (AvgIpc) is 2.37. The van der Waals surface area contributed by atoms with Crippen LogP contribution in [0.1, 0.15) is 27.6 Å². The zero-order valence-corrected chi connectivity index (χ0v) is 11.7. The lowest BCUT2D eigenvalue weighted by atomic mass is 9.98. The lowest BCUT2D eigenvalue weighted by molar-refractivity contribution is -0.138. The maximum atomic E-state index is 13.0. The number of alkyl halides is 4. The highest BCUT2D eigenvalue weighted by Crippen LogP contribution is 2.37. The number of aryl methyl sites for hydroxylation is 1. The van der Waals surface area contributed by atoms with Gasteiger partial charge in [-0.05, 0) is 30.5 Å². The zero-order chi connectivity index (χ0) is 14.8. The predicted molar refractivity (Wildman–Crippen MR) is 74.9 cm³/mol. The molecule has 20 heavy (non-hydrogen) atoms. The molecule has 0 aliphatic heterocycles. The standard InChI is InChI=1S/C16H14ClF3/c1-11-5-4-6-12(9-11)10-15(17)13-7-2-3-8-14(13)16(18,19)20/h2-9,15H,10H2,1H3. The van der Waals surface area contributed by atoms with Gasteiger partial charge in [0.05, 0.1) is 10.9 Å². The first-order valence-corrected chi connectivity index (χ1v) is 6.67. The third-order valence-corrected chi connectivity index (χ3v) is 3.49.